The van der Waals surface area contributed by atoms with Crippen molar-refractivity contribution in [2.45, 2.75) is 13.0 Å². The Kier molecular flexibility index (Phi) is 7.35. The van der Waals surface area contributed by atoms with E-state index in [2.05, 4.69) is 9.05 Å². The molecule has 0 heterocycles. The van der Waals surface area contributed by atoms with Crippen LogP contribution < -0.4 is 0 Å². The summed E-state index contributed by atoms with van der Waals surface area (Å²) in [4.78, 5) is 8.92. The number of phosphoric acid groups is 1. The highest BCUT2D eigenvalue weighted by Gasteiger charge is 2.21. The summed E-state index contributed by atoms with van der Waals surface area (Å²) in [6, 6.07) is 0. The van der Waals surface area contributed by atoms with Gasteiger partial charge >= 0.3 is 7.82 Å². The van der Waals surface area contributed by atoms with Crippen LogP contribution in [0.3, 0.4) is 0 Å². The molecule has 0 aliphatic carbocycles. The quantitative estimate of drug-likeness (QED) is 0.619. The first-order chi connectivity index (χ1) is 6.55. The Morgan fingerprint density at radius 3 is 2.43 bits per heavy atom. The molecule has 2 unspecified atom stereocenters. The summed E-state index contributed by atoms with van der Waals surface area (Å²) in [7, 11) is -1.29. The van der Waals surface area contributed by atoms with Crippen LogP contribution in [-0.2, 0) is 23.1 Å². The highest BCUT2D eigenvalue weighted by atomic mass is 31.2. The third-order valence-corrected chi connectivity index (χ3v) is 2.35. The standard InChI is InChI=1S/C7H17O6P/c1-4-12-7(5-10-2)6-13-14(8,9)11-3/h7H,4-6H2,1-3H3,(H,8,9). The van der Waals surface area contributed by atoms with Crippen LogP contribution >= 0.6 is 7.82 Å². The minimum absolute atomic E-state index is 0.0384. The van der Waals surface area contributed by atoms with Crippen molar-refractivity contribution >= 4 is 7.82 Å². The van der Waals surface area contributed by atoms with Gasteiger partial charge in [0.25, 0.3) is 0 Å². The SMILES string of the molecule is CCOC(COC)COP(=O)(O)OC. The van der Waals surface area contributed by atoms with Gasteiger partial charge in [-0.1, -0.05) is 0 Å². The molecule has 0 fully saturated rings. The van der Waals surface area contributed by atoms with Crippen molar-refractivity contribution < 1.29 is 28.0 Å². The summed E-state index contributed by atoms with van der Waals surface area (Å²) >= 11 is 0. The van der Waals surface area contributed by atoms with E-state index in [4.69, 9.17) is 14.4 Å². The van der Waals surface area contributed by atoms with Crippen LogP contribution in [0, 0.1) is 0 Å². The lowest BCUT2D eigenvalue weighted by Crippen LogP contribution is -2.24. The largest absolute Gasteiger partial charge is 0.472 e. The second-order valence-corrected chi connectivity index (χ2v) is 4.04. The maximum Gasteiger partial charge on any atom is 0.472 e. The van der Waals surface area contributed by atoms with Crippen molar-refractivity contribution in [2.24, 2.45) is 0 Å². The summed E-state index contributed by atoms with van der Waals surface area (Å²) in [6.45, 7) is 2.57. The van der Waals surface area contributed by atoms with Gasteiger partial charge in [0, 0.05) is 20.8 Å². The van der Waals surface area contributed by atoms with Crippen LogP contribution in [0.2, 0.25) is 0 Å². The van der Waals surface area contributed by atoms with E-state index in [1.807, 2.05) is 6.92 Å². The molecule has 0 radical (unpaired) electrons. The number of hydrogen-bond donors (Lipinski definition) is 1. The Bertz CT molecular complexity index is 179. The molecule has 0 rings (SSSR count). The van der Waals surface area contributed by atoms with Gasteiger partial charge in [0.05, 0.1) is 13.2 Å². The van der Waals surface area contributed by atoms with Crippen LogP contribution in [0.4, 0.5) is 0 Å². The maximum atomic E-state index is 10.9. The van der Waals surface area contributed by atoms with Gasteiger partial charge in [0.1, 0.15) is 6.10 Å². The molecule has 0 aliphatic heterocycles. The molecule has 0 aromatic carbocycles. The lowest BCUT2D eigenvalue weighted by Gasteiger charge is -2.17. The Morgan fingerprint density at radius 2 is 2.00 bits per heavy atom. The second kappa shape index (κ2) is 7.34. The van der Waals surface area contributed by atoms with Gasteiger partial charge in [-0.15, -0.1) is 0 Å². The molecular formula is C7H17O6P. The van der Waals surface area contributed by atoms with Crippen molar-refractivity contribution in [3.63, 3.8) is 0 Å². The molecule has 0 aromatic heterocycles. The number of phosphoric ester groups is 1. The molecule has 2 atom stereocenters. The van der Waals surface area contributed by atoms with Gasteiger partial charge in [-0.3, -0.25) is 9.05 Å². The van der Waals surface area contributed by atoms with Crippen LogP contribution in [0.25, 0.3) is 0 Å². The number of methoxy groups -OCH3 is 1. The molecule has 14 heavy (non-hydrogen) atoms. The van der Waals surface area contributed by atoms with Crippen molar-refractivity contribution in [3.05, 3.63) is 0 Å². The molecule has 1 N–H and O–H groups in total. The summed E-state index contributed by atoms with van der Waals surface area (Å²) in [6.07, 6.45) is -0.361. The Hall–Kier alpha value is 0.0300. The summed E-state index contributed by atoms with van der Waals surface area (Å²) in [5, 5.41) is 0. The summed E-state index contributed by atoms with van der Waals surface area (Å²) in [5.74, 6) is 0. The molecule has 0 saturated carbocycles. The predicted octanol–water partition coefficient (Wildman–Crippen LogP) is 0.801. The van der Waals surface area contributed by atoms with Crippen LogP contribution in [0.5, 0.6) is 0 Å². The minimum atomic E-state index is -3.91. The predicted molar refractivity (Wildman–Crippen MR) is 50.1 cm³/mol. The topological polar surface area (TPSA) is 74.2 Å². The van der Waals surface area contributed by atoms with Gasteiger partial charge in [-0.2, -0.15) is 0 Å². The summed E-state index contributed by atoms with van der Waals surface area (Å²) in [5.41, 5.74) is 0. The van der Waals surface area contributed by atoms with Gasteiger partial charge in [-0.05, 0) is 6.92 Å². The van der Waals surface area contributed by atoms with Crippen molar-refractivity contribution in [1.82, 2.24) is 0 Å². The van der Waals surface area contributed by atoms with E-state index in [-0.39, 0.29) is 12.7 Å². The van der Waals surface area contributed by atoms with Crippen LogP contribution in [0.15, 0.2) is 0 Å². The number of ether oxygens (including phenoxy) is 2. The fraction of sp³-hybridized carbons (Fsp3) is 1.00. The van der Waals surface area contributed by atoms with E-state index in [1.165, 1.54) is 7.11 Å². The van der Waals surface area contributed by atoms with E-state index < -0.39 is 7.82 Å². The van der Waals surface area contributed by atoms with Crippen LogP contribution in [0.1, 0.15) is 6.92 Å². The minimum Gasteiger partial charge on any atom is -0.382 e. The van der Waals surface area contributed by atoms with E-state index in [0.717, 1.165) is 7.11 Å². The molecule has 0 saturated heterocycles. The molecule has 0 amide bonds. The maximum absolute atomic E-state index is 10.9. The highest BCUT2D eigenvalue weighted by molar-refractivity contribution is 7.47. The fourth-order valence-corrected chi connectivity index (χ4v) is 1.26. The number of rotatable bonds is 8. The first-order valence-corrected chi connectivity index (χ1v) is 5.68. The Morgan fingerprint density at radius 1 is 1.36 bits per heavy atom. The average Bonchev–Trinajstić information content (AvgIpc) is 2.15. The third kappa shape index (κ3) is 6.48. The van der Waals surface area contributed by atoms with Crippen LogP contribution in [-0.4, -0.2) is 45.0 Å². The zero-order chi connectivity index (χ0) is 11.0. The van der Waals surface area contributed by atoms with Crippen molar-refractivity contribution in [3.8, 4) is 0 Å². The Balaban J connectivity index is 3.86. The van der Waals surface area contributed by atoms with Gasteiger partial charge < -0.3 is 14.4 Å². The monoisotopic (exact) mass is 228 g/mol. The molecule has 7 heteroatoms. The molecular weight excluding hydrogens is 211 g/mol. The molecule has 86 valence electrons. The lowest BCUT2D eigenvalue weighted by molar-refractivity contribution is -0.0264. The van der Waals surface area contributed by atoms with Crippen molar-refractivity contribution in [1.29, 1.82) is 0 Å². The zero-order valence-corrected chi connectivity index (χ0v) is 9.53. The van der Waals surface area contributed by atoms with E-state index in [9.17, 15) is 4.57 Å². The van der Waals surface area contributed by atoms with Gasteiger partial charge in [0.2, 0.25) is 0 Å². The lowest BCUT2D eigenvalue weighted by atomic mass is 10.4. The summed E-state index contributed by atoms with van der Waals surface area (Å²) < 4.78 is 29.8. The van der Waals surface area contributed by atoms with E-state index in [0.29, 0.717) is 13.2 Å². The normalized spacial score (nSPS) is 17.7. The van der Waals surface area contributed by atoms with Crippen molar-refractivity contribution in [2.75, 3.05) is 34.0 Å². The van der Waals surface area contributed by atoms with Gasteiger partial charge in [0.15, 0.2) is 0 Å². The first-order valence-electron chi connectivity index (χ1n) is 4.19. The smallest absolute Gasteiger partial charge is 0.382 e. The molecule has 6 nitrogen and oxygen atoms in total. The number of hydrogen-bond acceptors (Lipinski definition) is 5. The molecule has 0 aliphatic rings. The Labute approximate surface area is 83.7 Å². The zero-order valence-electron chi connectivity index (χ0n) is 8.63. The third-order valence-electron chi connectivity index (χ3n) is 1.41. The first kappa shape index (κ1) is 14.0. The highest BCUT2D eigenvalue weighted by Crippen LogP contribution is 2.41. The van der Waals surface area contributed by atoms with E-state index in [1.54, 1.807) is 0 Å². The molecule has 0 spiro atoms. The van der Waals surface area contributed by atoms with E-state index >= 15 is 0 Å². The average molecular weight is 228 g/mol. The second-order valence-electron chi connectivity index (χ2n) is 2.48. The van der Waals surface area contributed by atoms with Gasteiger partial charge in [-0.25, -0.2) is 4.57 Å². The molecule has 0 bridgehead atoms. The fourth-order valence-electron chi connectivity index (χ4n) is 0.796. The molecule has 0 aromatic rings.